The zero-order valence-electron chi connectivity index (χ0n) is 14.7. The fourth-order valence-corrected chi connectivity index (χ4v) is 3.27. The van der Waals surface area contributed by atoms with E-state index in [2.05, 4.69) is 24.4 Å². The fraction of sp³-hybridized carbons (Fsp3) is 0.381. The molecule has 1 saturated heterocycles. The van der Waals surface area contributed by atoms with Crippen LogP contribution in [0.2, 0.25) is 0 Å². The van der Waals surface area contributed by atoms with Gasteiger partial charge >= 0.3 is 0 Å². The maximum absolute atomic E-state index is 12.7. The lowest BCUT2D eigenvalue weighted by molar-refractivity contribution is 0.0651. The van der Waals surface area contributed by atoms with E-state index in [4.69, 9.17) is 0 Å². The molecule has 1 heterocycles. The predicted octanol–water partition coefficient (Wildman–Crippen LogP) is 3.45. The molecule has 132 valence electrons. The van der Waals surface area contributed by atoms with E-state index in [0.29, 0.717) is 5.92 Å². The van der Waals surface area contributed by atoms with Crippen molar-refractivity contribution in [3.63, 3.8) is 0 Å². The van der Waals surface area contributed by atoms with E-state index in [0.717, 1.165) is 43.7 Å². The standard InChI is InChI=1S/C21H26N2O2/c1-16-5-2-3-6-19(16)14-22-20-8-4-7-18(13-20)21(25)23-11-9-17(15-24)10-12-23/h2-8,13,17,22,24H,9-12,14-15H2,1H3. The highest BCUT2D eigenvalue weighted by atomic mass is 16.3. The summed E-state index contributed by atoms with van der Waals surface area (Å²) in [5.41, 5.74) is 4.19. The van der Waals surface area contributed by atoms with Gasteiger partial charge in [0.25, 0.3) is 5.91 Å². The van der Waals surface area contributed by atoms with Crippen molar-refractivity contribution in [2.75, 3.05) is 25.0 Å². The molecular weight excluding hydrogens is 312 g/mol. The van der Waals surface area contributed by atoms with Crippen LogP contribution in [0, 0.1) is 12.8 Å². The molecule has 0 saturated carbocycles. The minimum absolute atomic E-state index is 0.0796. The molecule has 3 rings (SSSR count). The normalized spacial score (nSPS) is 15.2. The van der Waals surface area contributed by atoms with Gasteiger partial charge in [-0.05, 0) is 55.0 Å². The van der Waals surface area contributed by atoms with Gasteiger partial charge < -0.3 is 15.3 Å². The smallest absolute Gasteiger partial charge is 0.253 e. The molecule has 2 aromatic carbocycles. The first-order valence-corrected chi connectivity index (χ1v) is 8.96. The molecule has 4 nitrogen and oxygen atoms in total. The van der Waals surface area contributed by atoms with Crippen LogP contribution in [0.15, 0.2) is 48.5 Å². The minimum Gasteiger partial charge on any atom is -0.396 e. The van der Waals surface area contributed by atoms with Gasteiger partial charge in [-0.25, -0.2) is 0 Å². The first kappa shape index (κ1) is 17.5. The van der Waals surface area contributed by atoms with E-state index in [1.54, 1.807) is 0 Å². The third-order valence-electron chi connectivity index (χ3n) is 5.01. The first-order chi connectivity index (χ1) is 12.2. The van der Waals surface area contributed by atoms with E-state index < -0.39 is 0 Å². The maximum atomic E-state index is 12.7. The summed E-state index contributed by atoms with van der Waals surface area (Å²) in [7, 11) is 0. The van der Waals surface area contributed by atoms with Crippen LogP contribution in [0.3, 0.4) is 0 Å². The second-order valence-corrected chi connectivity index (χ2v) is 6.78. The number of likely N-dealkylation sites (tertiary alicyclic amines) is 1. The summed E-state index contributed by atoms with van der Waals surface area (Å²) in [6, 6.07) is 16.0. The van der Waals surface area contributed by atoms with Crippen LogP contribution < -0.4 is 5.32 Å². The minimum atomic E-state index is 0.0796. The number of carbonyl (C=O) groups is 1. The molecule has 1 amide bonds. The Hall–Kier alpha value is -2.33. The van der Waals surface area contributed by atoms with Crippen LogP contribution in [0.25, 0.3) is 0 Å². The number of rotatable bonds is 5. The van der Waals surface area contributed by atoms with Crippen LogP contribution in [0.5, 0.6) is 0 Å². The maximum Gasteiger partial charge on any atom is 0.253 e. The van der Waals surface area contributed by atoms with Crippen LogP contribution in [0.4, 0.5) is 5.69 Å². The molecule has 0 atom stereocenters. The van der Waals surface area contributed by atoms with Crippen molar-refractivity contribution in [3.05, 3.63) is 65.2 Å². The largest absolute Gasteiger partial charge is 0.396 e. The molecule has 0 radical (unpaired) electrons. The number of amides is 1. The molecule has 25 heavy (non-hydrogen) atoms. The molecule has 0 unspecified atom stereocenters. The van der Waals surface area contributed by atoms with E-state index >= 15 is 0 Å². The molecule has 0 spiro atoms. The number of aryl methyl sites for hydroxylation is 1. The Kier molecular flexibility index (Phi) is 5.71. The number of nitrogens with one attached hydrogen (secondary N) is 1. The Morgan fingerprint density at radius 3 is 2.64 bits per heavy atom. The summed E-state index contributed by atoms with van der Waals surface area (Å²) in [6.07, 6.45) is 1.76. The van der Waals surface area contributed by atoms with Gasteiger partial charge in [-0.3, -0.25) is 4.79 Å². The topological polar surface area (TPSA) is 52.6 Å². The number of aliphatic hydroxyl groups is 1. The zero-order valence-corrected chi connectivity index (χ0v) is 14.7. The Bertz CT molecular complexity index is 721. The van der Waals surface area contributed by atoms with E-state index in [1.165, 1.54) is 11.1 Å². The first-order valence-electron chi connectivity index (χ1n) is 8.96. The van der Waals surface area contributed by atoms with E-state index in [-0.39, 0.29) is 12.5 Å². The van der Waals surface area contributed by atoms with Gasteiger partial charge in [0.1, 0.15) is 0 Å². The fourth-order valence-electron chi connectivity index (χ4n) is 3.27. The highest BCUT2D eigenvalue weighted by Gasteiger charge is 2.23. The number of hydrogen-bond donors (Lipinski definition) is 2. The summed E-state index contributed by atoms with van der Waals surface area (Å²) >= 11 is 0. The molecule has 4 heteroatoms. The van der Waals surface area contributed by atoms with Crippen molar-refractivity contribution in [1.29, 1.82) is 0 Å². The van der Waals surface area contributed by atoms with E-state index in [9.17, 15) is 9.90 Å². The molecule has 1 aliphatic heterocycles. The summed E-state index contributed by atoms with van der Waals surface area (Å²) < 4.78 is 0. The summed E-state index contributed by atoms with van der Waals surface area (Å²) in [6.45, 7) is 4.52. The van der Waals surface area contributed by atoms with Crippen molar-refractivity contribution in [2.45, 2.75) is 26.3 Å². The lowest BCUT2D eigenvalue weighted by atomic mass is 9.97. The van der Waals surface area contributed by atoms with Crippen molar-refractivity contribution in [2.24, 2.45) is 5.92 Å². The number of anilines is 1. The molecule has 0 aromatic heterocycles. The lowest BCUT2D eigenvalue weighted by Crippen LogP contribution is -2.39. The zero-order chi connectivity index (χ0) is 17.6. The number of piperidine rings is 1. The third kappa shape index (κ3) is 4.40. The van der Waals surface area contributed by atoms with Crippen LogP contribution >= 0.6 is 0 Å². The second kappa shape index (κ2) is 8.17. The van der Waals surface area contributed by atoms with Crippen LogP contribution in [-0.4, -0.2) is 35.6 Å². The van der Waals surface area contributed by atoms with Crippen molar-refractivity contribution >= 4 is 11.6 Å². The van der Waals surface area contributed by atoms with Gasteiger partial charge in [0.15, 0.2) is 0 Å². The van der Waals surface area contributed by atoms with Gasteiger partial charge in [0, 0.05) is 37.5 Å². The summed E-state index contributed by atoms with van der Waals surface area (Å²) in [4.78, 5) is 14.6. The van der Waals surface area contributed by atoms with Gasteiger partial charge in [-0.1, -0.05) is 30.3 Å². The van der Waals surface area contributed by atoms with Crippen molar-refractivity contribution in [3.8, 4) is 0 Å². The highest BCUT2D eigenvalue weighted by molar-refractivity contribution is 5.95. The SMILES string of the molecule is Cc1ccccc1CNc1cccc(C(=O)N2CCC(CO)CC2)c1. The molecule has 0 aliphatic carbocycles. The Morgan fingerprint density at radius 2 is 1.92 bits per heavy atom. The quantitative estimate of drug-likeness (QED) is 0.878. The molecule has 2 N–H and O–H groups in total. The monoisotopic (exact) mass is 338 g/mol. The molecule has 1 aliphatic rings. The van der Waals surface area contributed by atoms with Crippen LogP contribution in [0.1, 0.15) is 34.3 Å². The van der Waals surface area contributed by atoms with Gasteiger partial charge in [-0.15, -0.1) is 0 Å². The summed E-state index contributed by atoms with van der Waals surface area (Å²) in [5.74, 6) is 0.419. The number of aliphatic hydroxyl groups excluding tert-OH is 1. The molecule has 0 bridgehead atoms. The predicted molar refractivity (Wildman–Crippen MR) is 101 cm³/mol. The second-order valence-electron chi connectivity index (χ2n) is 6.78. The molecular formula is C21H26N2O2. The highest BCUT2D eigenvalue weighted by Crippen LogP contribution is 2.20. The van der Waals surface area contributed by atoms with Gasteiger partial charge in [0.05, 0.1) is 0 Å². The van der Waals surface area contributed by atoms with Gasteiger partial charge in [-0.2, -0.15) is 0 Å². The van der Waals surface area contributed by atoms with Gasteiger partial charge in [0.2, 0.25) is 0 Å². The van der Waals surface area contributed by atoms with Crippen LogP contribution in [-0.2, 0) is 6.54 Å². The molecule has 2 aromatic rings. The summed E-state index contributed by atoms with van der Waals surface area (Å²) in [5, 5.41) is 12.6. The average molecular weight is 338 g/mol. The Balaban J connectivity index is 1.63. The molecule has 1 fully saturated rings. The number of benzene rings is 2. The Morgan fingerprint density at radius 1 is 1.16 bits per heavy atom. The number of hydrogen-bond acceptors (Lipinski definition) is 3. The number of carbonyl (C=O) groups excluding carboxylic acids is 1. The lowest BCUT2D eigenvalue weighted by Gasteiger charge is -2.31. The number of nitrogens with zero attached hydrogens (tertiary/aromatic N) is 1. The van der Waals surface area contributed by atoms with Crippen molar-refractivity contribution < 1.29 is 9.90 Å². The van der Waals surface area contributed by atoms with E-state index in [1.807, 2.05) is 41.3 Å². The third-order valence-corrected chi connectivity index (χ3v) is 5.01. The average Bonchev–Trinajstić information content (AvgIpc) is 2.67. The van der Waals surface area contributed by atoms with Crippen molar-refractivity contribution in [1.82, 2.24) is 4.90 Å². The Labute approximate surface area is 149 Å².